The molecule has 2 atom stereocenters. The lowest BCUT2D eigenvalue weighted by Gasteiger charge is -2.27. The summed E-state index contributed by atoms with van der Waals surface area (Å²) in [6.07, 6.45) is 12.7. The number of rotatable bonds is 4. The predicted octanol–water partition coefficient (Wildman–Crippen LogP) is 3.27. The Bertz CT molecular complexity index is 669. The van der Waals surface area contributed by atoms with Crippen molar-refractivity contribution in [3.8, 4) is 0 Å². The van der Waals surface area contributed by atoms with Gasteiger partial charge in [0, 0.05) is 44.9 Å². The van der Waals surface area contributed by atoms with Crippen LogP contribution in [0, 0.1) is 5.92 Å². The van der Waals surface area contributed by atoms with Crippen LogP contribution in [0.5, 0.6) is 0 Å². The lowest BCUT2D eigenvalue weighted by molar-refractivity contribution is 0.0748. The summed E-state index contributed by atoms with van der Waals surface area (Å²) in [6.45, 7) is 1.61. The number of ether oxygens (including phenoxy) is 1. The van der Waals surface area contributed by atoms with E-state index >= 15 is 0 Å². The molecule has 3 rings (SSSR count). The smallest absolute Gasteiger partial charge is 0.254 e. The molecular formula is C20H27N3O2. The molecule has 1 aromatic rings. The first-order chi connectivity index (χ1) is 12.2. The average molecular weight is 341 g/mol. The van der Waals surface area contributed by atoms with Crippen molar-refractivity contribution in [2.45, 2.75) is 31.8 Å². The molecule has 1 aliphatic heterocycles. The number of aromatic nitrogens is 1. The van der Waals surface area contributed by atoms with Crippen molar-refractivity contribution < 1.29 is 9.53 Å². The monoisotopic (exact) mass is 341 g/mol. The van der Waals surface area contributed by atoms with Crippen LogP contribution in [0.4, 0.5) is 5.82 Å². The van der Waals surface area contributed by atoms with Crippen LogP contribution < -0.4 is 5.32 Å². The van der Waals surface area contributed by atoms with Gasteiger partial charge in [0.15, 0.2) is 0 Å². The first-order valence-electron chi connectivity index (χ1n) is 9.05. The van der Waals surface area contributed by atoms with Gasteiger partial charge in [-0.2, -0.15) is 0 Å². The van der Waals surface area contributed by atoms with Gasteiger partial charge in [-0.1, -0.05) is 24.6 Å². The van der Waals surface area contributed by atoms with Crippen LogP contribution in [-0.2, 0) is 4.74 Å². The molecule has 5 heteroatoms. The van der Waals surface area contributed by atoms with Crippen molar-refractivity contribution in [1.82, 2.24) is 9.88 Å². The zero-order valence-electron chi connectivity index (χ0n) is 15.1. The fourth-order valence-corrected chi connectivity index (χ4v) is 3.58. The van der Waals surface area contributed by atoms with Gasteiger partial charge < -0.3 is 15.0 Å². The summed E-state index contributed by atoms with van der Waals surface area (Å²) >= 11 is 0. The van der Waals surface area contributed by atoms with E-state index < -0.39 is 0 Å². The molecule has 0 aromatic carbocycles. The number of carbonyl (C=O) groups is 1. The number of hydrogen-bond donors (Lipinski definition) is 1. The summed E-state index contributed by atoms with van der Waals surface area (Å²) in [7, 11) is 3.56. The van der Waals surface area contributed by atoms with Crippen LogP contribution >= 0.6 is 0 Å². The highest BCUT2D eigenvalue weighted by Crippen LogP contribution is 2.28. The standard InChI is InChI=1S/C20H27N3O2/c1-21-19-13-16(10-11-22-19)20(24)23-12-4-3-5-17(14-23)15-6-8-18(25-2)9-7-15/h6-8,10-11,13,17-18H,3-5,9,12,14H2,1-2H3,(H,21,22). The van der Waals surface area contributed by atoms with E-state index in [1.807, 2.05) is 18.0 Å². The lowest BCUT2D eigenvalue weighted by atomic mass is 9.89. The van der Waals surface area contributed by atoms with E-state index in [0.717, 1.165) is 44.6 Å². The Balaban J connectivity index is 1.72. The van der Waals surface area contributed by atoms with E-state index in [1.165, 1.54) is 5.57 Å². The Morgan fingerprint density at radius 1 is 1.40 bits per heavy atom. The van der Waals surface area contributed by atoms with Crippen molar-refractivity contribution in [1.29, 1.82) is 0 Å². The third-order valence-electron chi connectivity index (χ3n) is 5.08. The summed E-state index contributed by atoms with van der Waals surface area (Å²) in [4.78, 5) is 19.2. The predicted molar refractivity (Wildman–Crippen MR) is 99.7 cm³/mol. The highest BCUT2D eigenvalue weighted by Gasteiger charge is 2.25. The average Bonchev–Trinajstić information content (AvgIpc) is 2.94. The highest BCUT2D eigenvalue weighted by molar-refractivity contribution is 5.94. The number of anilines is 1. The van der Waals surface area contributed by atoms with Crippen LogP contribution in [0.3, 0.4) is 0 Å². The molecule has 1 amide bonds. The van der Waals surface area contributed by atoms with Gasteiger partial charge in [-0.25, -0.2) is 4.98 Å². The Kier molecular flexibility index (Phi) is 5.87. The lowest BCUT2D eigenvalue weighted by Crippen LogP contribution is -2.35. The summed E-state index contributed by atoms with van der Waals surface area (Å²) < 4.78 is 5.38. The molecule has 2 aliphatic rings. The van der Waals surface area contributed by atoms with Crippen LogP contribution in [0.25, 0.3) is 0 Å². The molecule has 1 aliphatic carbocycles. The van der Waals surface area contributed by atoms with Gasteiger partial charge in [-0.05, 0) is 37.0 Å². The molecule has 1 fully saturated rings. The number of likely N-dealkylation sites (tertiary alicyclic amines) is 1. The van der Waals surface area contributed by atoms with Crippen molar-refractivity contribution in [2.75, 3.05) is 32.6 Å². The molecule has 0 saturated carbocycles. The van der Waals surface area contributed by atoms with E-state index in [1.54, 1.807) is 19.4 Å². The zero-order chi connectivity index (χ0) is 17.6. The summed E-state index contributed by atoms with van der Waals surface area (Å²) in [5, 5.41) is 3.00. The minimum atomic E-state index is 0.0981. The maximum atomic E-state index is 13.0. The number of hydrogen-bond acceptors (Lipinski definition) is 4. The van der Waals surface area contributed by atoms with Crippen LogP contribution in [0.2, 0.25) is 0 Å². The van der Waals surface area contributed by atoms with E-state index in [4.69, 9.17) is 4.74 Å². The number of allylic oxidation sites excluding steroid dienone is 1. The zero-order valence-corrected chi connectivity index (χ0v) is 15.1. The first-order valence-corrected chi connectivity index (χ1v) is 9.05. The Labute approximate surface area is 149 Å². The quantitative estimate of drug-likeness (QED) is 0.913. The molecule has 1 aromatic heterocycles. The first kappa shape index (κ1) is 17.7. The summed E-state index contributed by atoms with van der Waals surface area (Å²) in [5.74, 6) is 1.23. The number of nitrogens with zero attached hydrogens (tertiary/aromatic N) is 2. The third kappa shape index (κ3) is 4.28. The number of nitrogens with one attached hydrogen (secondary N) is 1. The number of amides is 1. The summed E-state index contributed by atoms with van der Waals surface area (Å²) in [5.41, 5.74) is 2.05. The second kappa shape index (κ2) is 8.30. The molecule has 2 unspecified atom stereocenters. The molecule has 0 radical (unpaired) electrons. The fourth-order valence-electron chi connectivity index (χ4n) is 3.58. The molecule has 0 bridgehead atoms. The maximum Gasteiger partial charge on any atom is 0.254 e. The number of pyridine rings is 1. The van der Waals surface area contributed by atoms with Gasteiger partial charge in [0.05, 0.1) is 6.10 Å². The van der Waals surface area contributed by atoms with Gasteiger partial charge in [-0.15, -0.1) is 0 Å². The fraction of sp³-hybridized carbons (Fsp3) is 0.500. The van der Waals surface area contributed by atoms with Crippen LogP contribution in [0.1, 0.15) is 36.0 Å². The number of carbonyl (C=O) groups excluding carboxylic acids is 1. The number of methoxy groups -OCH3 is 1. The second-order valence-corrected chi connectivity index (χ2v) is 6.70. The van der Waals surface area contributed by atoms with Gasteiger partial charge >= 0.3 is 0 Å². The highest BCUT2D eigenvalue weighted by atomic mass is 16.5. The third-order valence-corrected chi connectivity index (χ3v) is 5.08. The van der Waals surface area contributed by atoms with E-state index in [-0.39, 0.29) is 12.0 Å². The Hall–Kier alpha value is -2.14. The molecule has 0 spiro atoms. The van der Waals surface area contributed by atoms with E-state index in [0.29, 0.717) is 11.5 Å². The Morgan fingerprint density at radius 3 is 3.00 bits per heavy atom. The van der Waals surface area contributed by atoms with Crippen molar-refractivity contribution in [2.24, 2.45) is 5.92 Å². The van der Waals surface area contributed by atoms with Gasteiger partial charge in [0.1, 0.15) is 5.82 Å². The second-order valence-electron chi connectivity index (χ2n) is 6.70. The van der Waals surface area contributed by atoms with Gasteiger partial charge in [-0.3, -0.25) is 4.79 Å². The SMILES string of the molecule is CNc1cc(C(=O)N2CCCCC(C3=CCC(OC)C=C3)C2)ccn1. The summed E-state index contributed by atoms with van der Waals surface area (Å²) in [6, 6.07) is 3.62. The van der Waals surface area contributed by atoms with E-state index in [9.17, 15) is 4.79 Å². The minimum absolute atomic E-state index is 0.0981. The van der Waals surface area contributed by atoms with Crippen LogP contribution in [0.15, 0.2) is 42.1 Å². The normalized spacial score (nSPS) is 23.8. The topological polar surface area (TPSA) is 54.5 Å². The molecule has 25 heavy (non-hydrogen) atoms. The van der Waals surface area contributed by atoms with Crippen LogP contribution in [-0.4, -0.2) is 49.1 Å². The molecule has 1 saturated heterocycles. The maximum absolute atomic E-state index is 13.0. The van der Waals surface area contributed by atoms with Crippen molar-refractivity contribution >= 4 is 11.7 Å². The van der Waals surface area contributed by atoms with Gasteiger partial charge in [0.2, 0.25) is 0 Å². The largest absolute Gasteiger partial charge is 0.377 e. The van der Waals surface area contributed by atoms with Crippen molar-refractivity contribution in [3.05, 3.63) is 47.7 Å². The van der Waals surface area contributed by atoms with Crippen molar-refractivity contribution in [3.63, 3.8) is 0 Å². The van der Waals surface area contributed by atoms with E-state index in [2.05, 4.69) is 28.5 Å². The van der Waals surface area contributed by atoms with Gasteiger partial charge in [0.25, 0.3) is 5.91 Å². The molecule has 2 heterocycles. The Morgan fingerprint density at radius 2 is 2.28 bits per heavy atom. The minimum Gasteiger partial charge on any atom is -0.377 e. The molecule has 1 N–H and O–H groups in total. The molecule has 5 nitrogen and oxygen atoms in total. The molecule has 134 valence electrons. The molecular weight excluding hydrogens is 314 g/mol.